The van der Waals surface area contributed by atoms with Crippen molar-refractivity contribution in [2.45, 2.75) is 11.4 Å². The Bertz CT molecular complexity index is 725. The topological polar surface area (TPSA) is 98.0 Å². The van der Waals surface area contributed by atoms with Crippen molar-refractivity contribution in [1.82, 2.24) is 9.97 Å². The number of nitrogens with two attached hydrogens (primary N) is 1. The zero-order valence-electron chi connectivity index (χ0n) is 10.0. The van der Waals surface area contributed by atoms with E-state index in [0.29, 0.717) is 4.47 Å². The quantitative estimate of drug-likeness (QED) is 0.863. The van der Waals surface area contributed by atoms with Crippen molar-refractivity contribution in [3.05, 3.63) is 46.7 Å². The monoisotopic (exact) mass is 360 g/mol. The first-order valence-electron chi connectivity index (χ1n) is 5.40. The van der Waals surface area contributed by atoms with E-state index in [2.05, 4.69) is 30.6 Å². The van der Waals surface area contributed by atoms with Crippen LogP contribution in [0.5, 0.6) is 0 Å². The van der Waals surface area contributed by atoms with E-state index in [1.807, 2.05) is 0 Å². The fourth-order valence-electron chi connectivity index (χ4n) is 1.52. The van der Waals surface area contributed by atoms with Crippen molar-refractivity contribution in [3.8, 4) is 0 Å². The van der Waals surface area contributed by atoms with E-state index in [-0.39, 0.29) is 17.8 Å². The molecule has 3 N–H and O–H groups in total. The van der Waals surface area contributed by atoms with Crippen molar-refractivity contribution < 1.29 is 12.8 Å². The fourth-order valence-corrected chi connectivity index (χ4v) is 3.36. The van der Waals surface area contributed by atoms with E-state index in [0.717, 1.165) is 0 Å². The minimum atomic E-state index is -4.09. The fraction of sp³-hybridized carbons (Fsp3) is 0.0909. The van der Waals surface area contributed by atoms with Gasteiger partial charge >= 0.3 is 0 Å². The zero-order chi connectivity index (χ0) is 14.8. The molecule has 1 aromatic heterocycles. The van der Waals surface area contributed by atoms with Gasteiger partial charge in [-0.25, -0.2) is 22.8 Å². The van der Waals surface area contributed by atoms with Gasteiger partial charge in [0.2, 0.25) is 0 Å². The number of hydrogen-bond donors (Lipinski definition) is 2. The zero-order valence-corrected chi connectivity index (χ0v) is 12.4. The van der Waals surface area contributed by atoms with Crippen molar-refractivity contribution >= 4 is 31.6 Å². The lowest BCUT2D eigenvalue weighted by atomic mass is 10.2. The molecular weight excluding hydrogens is 351 g/mol. The highest BCUT2D eigenvalue weighted by Gasteiger charge is 2.22. The Morgan fingerprint density at radius 2 is 1.95 bits per heavy atom. The summed E-state index contributed by atoms with van der Waals surface area (Å²) in [5.41, 5.74) is 5.63. The van der Waals surface area contributed by atoms with Crippen LogP contribution in [0.15, 0.2) is 40.2 Å². The molecule has 6 nitrogen and oxygen atoms in total. The standard InChI is InChI=1S/C11H10BrFN4O2S/c12-8-1-7(3-14)11(13)10(2-8)20(18,19)17-9-4-15-6-16-5-9/h1-2,4-6,17H,3,14H2. The molecule has 0 aliphatic heterocycles. The molecule has 106 valence electrons. The van der Waals surface area contributed by atoms with Crippen molar-refractivity contribution in [2.24, 2.45) is 5.73 Å². The van der Waals surface area contributed by atoms with E-state index < -0.39 is 20.7 Å². The van der Waals surface area contributed by atoms with Crippen LogP contribution in [0.2, 0.25) is 0 Å². The Hall–Kier alpha value is -1.58. The number of sulfonamides is 1. The van der Waals surface area contributed by atoms with E-state index in [9.17, 15) is 12.8 Å². The van der Waals surface area contributed by atoms with Crippen molar-refractivity contribution in [3.63, 3.8) is 0 Å². The van der Waals surface area contributed by atoms with Crippen LogP contribution in [-0.4, -0.2) is 18.4 Å². The molecule has 0 saturated heterocycles. The highest BCUT2D eigenvalue weighted by atomic mass is 79.9. The van der Waals surface area contributed by atoms with Crippen LogP contribution in [0.4, 0.5) is 10.1 Å². The van der Waals surface area contributed by atoms with E-state index >= 15 is 0 Å². The van der Waals surface area contributed by atoms with Crippen LogP contribution in [0, 0.1) is 5.82 Å². The molecule has 0 spiro atoms. The largest absolute Gasteiger partial charge is 0.326 e. The number of rotatable bonds is 4. The van der Waals surface area contributed by atoms with Crippen molar-refractivity contribution in [2.75, 3.05) is 4.72 Å². The van der Waals surface area contributed by atoms with Gasteiger partial charge in [0.05, 0.1) is 18.1 Å². The molecule has 1 aromatic carbocycles. The van der Waals surface area contributed by atoms with Gasteiger partial charge in [-0.2, -0.15) is 0 Å². The lowest BCUT2D eigenvalue weighted by Crippen LogP contribution is -2.16. The average Bonchev–Trinajstić information content (AvgIpc) is 2.41. The average molecular weight is 361 g/mol. The van der Waals surface area contributed by atoms with E-state index in [1.54, 1.807) is 0 Å². The Kier molecular flexibility index (Phi) is 4.31. The molecule has 1 heterocycles. The van der Waals surface area contributed by atoms with Gasteiger partial charge in [-0.1, -0.05) is 15.9 Å². The summed E-state index contributed by atoms with van der Waals surface area (Å²) in [6, 6.07) is 2.60. The molecule has 0 fully saturated rings. The molecule has 0 atom stereocenters. The Balaban J connectivity index is 2.47. The second-order valence-corrected chi connectivity index (χ2v) is 6.38. The highest BCUT2D eigenvalue weighted by molar-refractivity contribution is 9.10. The smallest absolute Gasteiger partial charge is 0.264 e. The first-order chi connectivity index (χ1) is 9.44. The first-order valence-corrected chi connectivity index (χ1v) is 7.67. The van der Waals surface area contributed by atoms with Gasteiger partial charge in [0.15, 0.2) is 0 Å². The molecule has 0 aliphatic carbocycles. The number of hydrogen-bond acceptors (Lipinski definition) is 5. The number of nitrogens with one attached hydrogen (secondary N) is 1. The van der Waals surface area contributed by atoms with E-state index in [4.69, 9.17) is 5.73 Å². The summed E-state index contributed by atoms with van der Waals surface area (Å²) >= 11 is 3.13. The molecule has 20 heavy (non-hydrogen) atoms. The number of anilines is 1. The minimum absolute atomic E-state index is 0.101. The van der Waals surface area contributed by atoms with Gasteiger partial charge in [-0.15, -0.1) is 0 Å². The Labute approximate surface area is 123 Å². The summed E-state index contributed by atoms with van der Waals surface area (Å²) in [4.78, 5) is 6.86. The Morgan fingerprint density at radius 3 is 2.55 bits per heavy atom. The second-order valence-electron chi connectivity index (χ2n) is 3.81. The molecule has 9 heteroatoms. The van der Waals surface area contributed by atoms with Gasteiger partial charge in [0, 0.05) is 16.6 Å². The van der Waals surface area contributed by atoms with Crippen LogP contribution in [-0.2, 0) is 16.6 Å². The summed E-state index contributed by atoms with van der Waals surface area (Å²) in [7, 11) is -4.09. The molecule has 0 radical (unpaired) electrons. The third-order valence-electron chi connectivity index (χ3n) is 2.40. The number of halogens is 2. The van der Waals surface area contributed by atoms with Gasteiger partial charge < -0.3 is 5.73 Å². The van der Waals surface area contributed by atoms with E-state index in [1.165, 1.54) is 30.9 Å². The third-order valence-corrected chi connectivity index (χ3v) is 4.24. The summed E-state index contributed by atoms with van der Waals surface area (Å²) in [6.45, 7) is -0.109. The van der Waals surface area contributed by atoms with Gasteiger partial charge in [-0.05, 0) is 12.1 Å². The predicted molar refractivity (Wildman–Crippen MR) is 74.8 cm³/mol. The van der Waals surface area contributed by atoms with Crippen LogP contribution in [0.3, 0.4) is 0 Å². The first kappa shape index (κ1) is 14.8. The molecule has 2 aromatic rings. The van der Waals surface area contributed by atoms with Gasteiger partial charge in [-0.3, -0.25) is 4.72 Å². The predicted octanol–water partition coefficient (Wildman–Crippen LogP) is 1.64. The molecule has 2 rings (SSSR count). The van der Waals surface area contributed by atoms with Crippen LogP contribution in [0.1, 0.15) is 5.56 Å². The maximum atomic E-state index is 14.1. The second kappa shape index (κ2) is 5.81. The van der Waals surface area contributed by atoms with Gasteiger partial charge in [0.1, 0.15) is 17.0 Å². The Morgan fingerprint density at radius 1 is 1.30 bits per heavy atom. The van der Waals surface area contributed by atoms with Crippen LogP contribution >= 0.6 is 15.9 Å². The molecule has 0 amide bonds. The van der Waals surface area contributed by atoms with Gasteiger partial charge in [0.25, 0.3) is 10.0 Å². The van der Waals surface area contributed by atoms with Crippen LogP contribution < -0.4 is 10.5 Å². The maximum absolute atomic E-state index is 14.1. The SMILES string of the molecule is NCc1cc(Br)cc(S(=O)(=O)Nc2cncnc2)c1F. The maximum Gasteiger partial charge on any atom is 0.264 e. The number of aromatic nitrogens is 2. The third kappa shape index (κ3) is 3.11. The summed E-state index contributed by atoms with van der Waals surface area (Å²) in [6.07, 6.45) is 3.79. The lowest BCUT2D eigenvalue weighted by molar-refractivity contribution is 0.560. The molecule has 0 aliphatic rings. The summed E-state index contributed by atoms with van der Waals surface area (Å²) in [5.74, 6) is -0.875. The summed E-state index contributed by atoms with van der Waals surface area (Å²) < 4.78 is 41.1. The van der Waals surface area contributed by atoms with Crippen LogP contribution in [0.25, 0.3) is 0 Å². The number of nitrogens with zero attached hydrogens (tertiary/aromatic N) is 2. The lowest BCUT2D eigenvalue weighted by Gasteiger charge is -2.11. The summed E-state index contributed by atoms with van der Waals surface area (Å²) in [5, 5.41) is 0. The minimum Gasteiger partial charge on any atom is -0.326 e. The molecular formula is C11H10BrFN4O2S. The molecule has 0 unspecified atom stereocenters. The molecule has 0 bridgehead atoms. The highest BCUT2D eigenvalue weighted by Crippen LogP contribution is 2.25. The number of benzene rings is 1. The normalized spacial score (nSPS) is 11.3. The van der Waals surface area contributed by atoms with Crippen molar-refractivity contribution in [1.29, 1.82) is 0 Å². The molecule has 0 saturated carbocycles.